The van der Waals surface area contributed by atoms with Gasteiger partial charge in [0.15, 0.2) is 0 Å². The molecule has 1 aromatic heterocycles. The minimum absolute atomic E-state index is 0.145. The fourth-order valence-corrected chi connectivity index (χ4v) is 2.25. The van der Waals surface area contributed by atoms with Gasteiger partial charge in [0.2, 0.25) is 0 Å². The Morgan fingerprint density at radius 2 is 2.33 bits per heavy atom. The number of nitrogens with zero attached hydrogens (tertiary/aromatic N) is 1. The second-order valence-corrected chi connectivity index (χ2v) is 4.71. The Balaban J connectivity index is 1.84. The molecule has 0 unspecified atom stereocenters. The molecule has 2 aromatic rings. The van der Waals surface area contributed by atoms with Gasteiger partial charge in [-0.3, -0.25) is 0 Å². The second kappa shape index (κ2) is 5.10. The van der Waals surface area contributed by atoms with Crippen LogP contribution < -0.4 is 5.32 Å². The van der Waals surface area contributed by atoms with Gasteiger partial charge < -0.3 is 15.0 Å². The average molecular weight is 264 g/mol. The van der Waals surface area contributed by atoms with E-state index in [4.69, 9.17) is 16.3 Å². The van der Waals surface area contributed by atoms with Gasteiger partial charge in [-0.25, -0.2) is 4.98 Å². The van der Waals surface area contributed by atoms with Crippen molar-refractivity contribution in [3.63, 3.8) is 0 Å². The summed E-state index contributed by atoms with van der Waals surface area (Å²) in [6, 6.07) is 7.86. The average Bonchev–Trinajstić information content (AvgIpc) is 2.89. The number of aromatic nitrogens is 2. The van der Waals surface area contributed by atoms with Crippen LogP contribution in [0.2, 0.25) is 5.02 Å². The molecular formula is C13H14ClN3O. The van der Waals surface area contributed by atoms with Crippen LogP contribution in [0.25, 0.3) is 11.3 Å². The minimum Gasteiger partial charge on any atom is -0.378 e. The lowest BCUT2D eigenvalue weighted by atomic mass is 10.2. The molecule has 18 heavy (non-hydrogen) atoms. The Labute approximate surface area is 110 Å². The van der Waals surface area contributed by atoms with E-state index in [2.05, 4.69) is 15.3 Å². The number of ether oxygens (including phenoxy) is 1. The highest BCUT2D eigenvalue weighted by molar-refractivity contribution is 6.30. The first kappa shape index (κ1) is 11.7. The zero-order valence-electron chi connectivity index (χ0n) is 9.82. The van der Waals surface area contributed by atoms with Crippen molar-refractivity contribution in [2.45, 2.75) is 6.04 Å². The normalized spacial score (nSPS) is 19.9. The van der Waals surface area contributed by atoms with Crippen LogP contribution in [0.4, 0.5) is 0 Å². The molecule has 0 saturated carbocycles. The molecule has 5 heteroatoms. The SMILES string of the molecule is Clc1cccc(-c2cnc([C@@H]3COCCN3)[nH]2)c1. The highest BCUT2D eigenvalue weighted by Crippen LogP contribution is 2.22. The Morgan fingerprint density at radius 3 is 3.11 bits per heavy atom. The zero-order chi connectivity index (χ0) is 12.4. The van der Waals surface area contributed by atoms with Crippen LogP contribution in [-0.4, -0.2) is 29.7 Å². The Morgan fingerprint density at radius 1 is 1.39 bits per heavy atom. The number of nitrogens with one attached hydrogen (secondary N) is 2. The van der Waals surface area contributed by atoms with Crippen molar-refractivity contribution in [1.29, 1.82) is 0 Å². The van der Waals surface area contributed by atoms with Crippen molar-refractivity contribution in [3.05, 3.63) is 41.3 Å². The largest absolute Gasteiger partial charge is 0.378 e. The van der Waals surface area contributed by atoms with Crippen LogP contribution >= 0.6 is 11.6 Å². The van der Waals surface area contributed by atoms with E-state index in [1.54, 1.807) is 0 Å². The molecule has 2 heterocycles. The number of rotatable bonds is 2. The van der Waals surface area contributed by atoms with Gasteiger partial charge in [0, 0.05) is 17.1 Å². The number of hydrogen-bond donors (Lipinski definition) is 2. The van der Waals surface area contributed by atoms with Crippen molar-refractivity contribution in [2.24, 2.45) is 0 Å². The summed E-state index contributed by atoms with van der Waals surface area (Å²) in [5.41, 5.74) is 2.01. The first-order valence-electron chi connectivity index (χ1n) is 5.95. The lowest BCUT2D eigenvalue weighted by molar-refractivity contribution is 0.0745. The summed E-state index contributed by atoms with van der Waals surface area (Å²) < 4.78 is 5.43. The summed E-state index contributed by atoms with van der Waals surface area (Å²) in [6.07, 6.45) is 1.83. The van der Waals surface area contributed by atoms with Gasteiger partial charge >= 0.3 is 0 Å². The number of morpholine rings is 1. The van der Waals surface area contributed by atoms with Crippen molar-refractivity contribution >= 4 is 11.6 Å². The molecule has 0 amide bonds. The van der Waals surface area contributed by atoms with Crippen LogP contribution in [0.1, 0.15) is 11.9 Å². The van der Waals surface area contributed by atoms with E-state index < -0.39 is 0 Å². The zero-order valence-corrected chi connectivity index (χ0v) is 10.6. The molecule has 3 rings (SSSR count). The van der Waals surface area contributed by atoms with E-state index in [1.165, 1.54) is 0 Å². The maximum atomic E-state index is 5.98. The molecule has 2 N–H and O–H groups in total. The summed E-state index contributed by atoms with van der Waals surface area (Å²) in [5, 5.41) is 4.09. The predicted octanol–water partition coefficient (Wildman–Crippen LogP) is 2.39. The van der Waals surface area contributed by atoms with Crippen molar-refractivity contribution in [3.8, 4) is 11.3 Å². The summed E-state index contributed by atoms with van der Waals surface area (Å²) >= 11 is 5.98. The molecule has 1 fully saturated rings. The van der Waals surface area contributed by atoms with Gasteiger partial charge in [0.1, 0.15) is 5.82 Å². The van der Waals surface area contributed by atoms with Gasteiger partial charge in [-0.2, -0.15) is 0 Å². The molecule has 0 bridgehead atoms. The highest BCUT2D eigenvalue weighted by atomic mass is 35.5. The topological polar surface area (TPSA) is 49.9 Å². The van der Waals surface area contributed by atoms with E-state index in [-0.39, 0.29) is 6.04 Å². The van der Waals surface area contributed by atoms with Gasteiger partial charge in [-0.15, -0.1) is 0 Å². The highest BCUT2D eigenvalue weighted by Gasteiger charge is 2.18. The molecule has 0 radical (unpaired) electrons. The summed E-state index contributed by atoms with van der Waals surface area (Å²) in [6.45, 7) is 2.28. The van der Waals surface area contributed by atoms with Crippen LogP contribution in [0.15, 0.2) is 30.5 Å². The molecule has 1 aliphatic heterocycles. The number of hydrogen-bond acceptors (Lipinski definition) is 3. The van der Waals surface area contributed by atoms with E-state index in [0.29, 0.717) is 6.61 Å². The Hall–Kier alpha value is -1.36. The standard InChI is InChI=1S/C13H14ClN3O/c14-10-3-1-2-9(6-10)11-7-16-13(17-11)12-8-18-5-4-15-12/h1-3,6-7,12,15H,4-5,8H2,(H,16,17)/t12-/m0/s1. The molecule has 0 aliphatic carbocycles. The van der Waals surface area contributed by atoms with Gasteiger partial charge in [0.05, 0.1) is 31.1 Å². The molecule has 1 aliphatic rings. The van der Waals surface area contributed by atoms with E-state index in [9.17, 15) is 0 Å². The van der Waals surface area contributed by atoms with Crippen LogP contribution in [0, 0.1) is 0 Å². The maximum Gasteiger partial charge on any atom is 0.126 e. The van der Waals surface area contributed by atoms with Gasteiger partial charge in [-0.1, -0.05) is 23.7 Å². The number of imidazole rings is 1. The third-order valence-electron chi connectivity index (χ3n) is 2.98. The summed E-state index contributed by atoms with van der Waals surface area (Å²) in [5.74, 6) is 0.907. The monoisotopic (exact) mass is 263 g/mol. The van der Waals surface area contributed by atoms with Crippen molar-refractivity contribution < 1.29 is 4.74 Å². The first-order chi connectivity index (χ1) is 8.83. The number of benzene rings is 1. The van der Waals surface area contributed by atoms with Crippen molar-refractivity contribution in [1.82, 2.24) is 15.3 Å². The summed E-state index contributed by atoms with van der Waals surface area (Å²) in [7, 11) is 0. The third-order valence-corrected chi connectivity index (χ3v) is 3.22. The second-order valence-electron chi connectivity index (χ2n) is 4.27. The van der Waals surface area contributed by atoms with E-state index >= 15 is 0 Å². The van der Waals surface area contributed by atoms with E-state index in [0.717, 1.165) is 35.3 Å². The quantitative estimate of drug-likeness (QED) is 0.875. The van der Waals surface area contributed by atoms with Crippen LogP contribution in [0.5, 0.6) is 0 Å². The van der Waals surface area contributed by atoms with Crippen LogP contribution in [0.3, 0.4) is 0 Å². The minimum atomic E-state index is 0.145. The fourth-order valence-electron chi connectivity index (χ4n) is 2.06. The molecule has 94 valence electrons. The van der Waals surface area contributed by atoms with Gasteiger partial charge in [0.25, 0.3) is 0 Å². The van der Waals surface area contributed by atoms with Crippen LogP contribution in [-0.2, 0) is 4.74 Å². The molecule has 1 aromatic carbocycles. The molecular weight excluding hydrogens is 250 g/mol. The Bertz CT molecular complexity index is 535. The van der Waals surface area contributed by atoms with Crippen molar-refractivity contribution in [2.75, 3.05) is 19.8 Å². The molecule has 0 spiro atoms. The lowest BCUT2D eigenvalue weighted by Crippen LogP contribution is -2.35. The maximum absolute atomic E-state index is 5.98. The third kappa shape index (κ3) is 2.41. The number of H-pyrrole nitrogens is 1. The molecule has 1 saturated heterocycles. The summed E-state index contributed by atoms with van der Waals surface area (Å²) in [4.78, 5) is 7.72. The number of halogens is 1. The number of aromatic amines is 1. The predicted molar refractivity (Wildman–Crippen MR) is 70.6 cm³/mol. The smallest absolute Gasteiger partial charge is 0.126 e. The van der Waals surface area contributed by atoms with E-state index in [1.807, 2.05) is 30.5 Å². The fraction of sp³-hybridized carbons (Fsp3) is 0.308. The van der Waals surface area contributed by atoms with Gasteiger partial charge in [-0.05, 0) is 12.1 Å². The first-order valence-corrected chi connectivity index (χ1v) is 6.33. The molecule has 4 nitrogen and oxygen atoms in total. The lowest BCUT2D eigenvalue weighted by Gasteiger charge is -2.21. The molecule has 1 atom stereocenters. The Kier molecular flexibility index (Phi) is 3.32.